The quantitative estimate of drug-likeness (QED) is 0.263. The summed E-state index contributed by atoms with van der Waals surface area (Å²) in [5, 5.41) is 0. The van der Waals surface area contributed by atoms with Crippen LogP contribution in [-0.2, 0) is 9.09 Å². The zero-order valence-corrected chi connectivity index (χ0v) is 17.5. The van der Waals surface area contributed by atoms with E-state index in [1.807, 2.05) is 0 Å². The van der Waals surface area contributed by atoms with Crippen LogP contribution in [0.15, 0.2) is 0 Å². The second kappa shape index (κ2) is 17.5. The molecule has 0 aliphatic carbocycles. The van der Waals surface area contributed by atoms with E-state index in [-0.39, 0.29) is 35.7 Å². The van der Waals surface area contributed by atoms with E-state index in [0.29, 0.717) is 6.61 Å². The normalized spacial score (nSPS) is 13.7. The van der Waals surface area contributed by atoms with Crippen LogP contribution < -0.4 is 34.5 Å². The van der Waals surface area contributed by atoms with Crippen LogP contribution in [-0.4, -0.2) is 12.8 Å². The van der Waals surface area contributed by atoms with Crippen LogP contribution in [0.4, 0.5) is 0 Å². The van der Waals surface area contributed by atoms with Gasteiger partial charge in [0, 0.05) is 6.16 Å². The molecule has 21 heavy (non-hydrogen) atoms. The Balaban J connectivity index is 0. The smallest absolute Gasteiger partial charge is 0.778 e. The molecular formula is C16H34NaO3P. The van der Waals surface area contributed by atoms with Gasteiger partial charge in [0.2, 0.25) is 0 Å². The minimum Gasteiger partial charge on any atom is -0.778 e. The molecule has 0 radical (unpaired) electrons. The first-order valence-electron chi connectivity index (χ1n) is 8.57. The monoisotopic (exact) mass is 328 g/mol. The molecule has 1 atom stereocenters. The molecule has 0 aliphatic rings. The van der Waals surface area contributed by atoms with Gasteiger partial charge in [-0.1, -0.05) is 78.1 Å². The molecule has 0 aromatic carbocycles. The summed E-state index contributed by atoms with van der Waals surface area (Å²) in [5.41, 5.74) is 0. The Kier molecular flexibility index (Phi) is 20.3. The van der Waals surface area contributed by atoms with Crippen molar-refractivity contribution < 1.29 is 43.5 Å². The molecule has 0 saturated carbocycles. The van der Waals surface area contributed by atoms with E-state index in [9.17, 15) is 9.46 Å². The third-order valence-electron chi connectivity index (χ3n) is 3.57. The van der Waals surface area contributed by atoms with Crippen LogP contribution in [0.5, 0.6) is 0 Å². The standard InChI is InChI=1S/C16H35O3P.Na/c1-3-5-7-9-11-13-15-19-20(17,18)16-14-12-10-8-6-4-2;/h3-16H2,1-2H3,(H,17,18);/q;+1/p-1. The van der Waals surface area contributed by atoms with Crippen LogP contribution in [0, 0.1) is 0 Å². The van der Waals surface area contributed by atoms with Crippen LogP contribution in [0.1, 0.15) is 90.9 Å². The molecule has 3 nitrogen and oxygen atoms in total. The van der Waals surface area contributed by atoms with Crippen molar-refractivity contribution in [3.63, 3.8) is 0 Å². The van der Waals surface area contributed by atoms with Crippen molar-refractivity contribution in [2.24, 2.45) is 0 Å². The summed E-state index contributed by atoms with van der Waals surface area (Å²) in [4.78, 5) is 11.7. The average molecular weight is 328 g/mol. The van der Waals surface area contributed by atoms with E-state index in [2.05, 4.69) is 13.8 Å². The Morgan fingerprint density at radius 1 is 0.762 bits per heavy atom. The van der Waals surface area contributed by atoms with E-state index in [1.165, 1.54) is 44.9 Å². The second-order valence-corrected chi connectivity index (χ2v) is 7.63. The number of unbranched alkanes of at least 4 members (excludes halogenated alkanes) is 10. The van der Waals surface area contributed by atoms with Crippen LogP contribution in [0.2, 0.25) is 0 Å². The van der Waals surface area contributed by atoms with Crippen molar-refractivity contribution in [1.29, 1.82) is 0 Å². The van der Waals surface area contributed by atoms with Crippen LogP contribution >= 0.6 is 7.60 Å². The Bertz CT molecular complexity index is 250. The molecule has 0 fully saturated rings. The van der Waals surface area contributed by atoms with Gasteiger partial charge in [-0.2, -0.15) is 0 Å². The van der Waals surface area contributed by atoms with Gasteiger partial charge in [0.25, 0.3) is 0 Å². The summed E-state index contributed by atoms with van der Waals surface area (Å²) in [6, 6.07) is 0. The van der Waals surface area contributed by atoms with Gasteiger partial charge >= 0.3 is 29.6 Å². The molecule has 0 rings (SSSR count). The first kappa shape index (κ1) is 24.4. The summed E-state index contributed by atoms with van der Waals surface area (Å²) >= 11 is 0. The first-order valence-corrected chi connectivity index (χ1v) is 10.3. The van der Waals surface area contributed by atoms with Gasteiger partial charge in [0.1, 0.15) is 7.60 Å². The maximum absolute atomic E-state index is 11.7. The molecular weight excluding hydrogens is 294 g/mol. The first-order chi connectivity index (χ1) is 9.62. The molecule has 0 saturated heterocycles. The molecule has 1 unspecified atom stereocenters. The van der Waals surface area contributed by atoms with Crippen molar-refractivity contribution in [2.45, 2.75) is 90.9 Å². The van der Waals surface area contributed by atoms with Gasteiger partial charge in [0.15, 0.2) is 0 Å². The average Bonchev–Trinajstić information content (AvgIpc) is 2.41. The van der Waals surface area contributed by atoms with Gasteiger partial charge in [-0.3, -0.25) is 0 Å². The fourth-order valence-corrected chi connectivity index (χ4v) is 3.38. The Hall–Kier alpha value is 1.15. The molecule has 0 aromatic heterocycles. The third-order valence-corrected chi connectivity index (χ3v) is 5.01. The Morgan fingerprint density at radius 3 is 1.71 bits per heavy atom. The summed E-state index contributed by atoms with van der Waals surface area (Å²) in [6.07, 6.45) is 13.7. The van der Waals surface area contributed by atoms with Crippen LogP contribution in [0.25, 0.3) is 0 Å². The molecule has 0 spiro atoms. The van der Waals surface area contributed by atoms with Gasteiger partial charge < -0.3 is 14.0 Å². The second-order valence-electron chi connectivity index (χ2n) is 5.70. The van der Waals surface area contributed by atoms with Crippen molar-refractivity contribution in [1.82, 2.24) is 0 Å². The summed E-state index contributed by atoms with van der Waals surface area (Å²) in [6.45, 7) is 4.75. The van der Waals surface area contributed by atoms with E-state index in [0.717, 1.165) is 32.1 Å². The molecule has 0 N–H and O–H groups in total. The van der Waals surface area contributed by atoms with E-state index in [4.69, 9.17) is 4.52 Å². The predicted molar refractivity (Wildman–Crippen MR) is 85.2 cm³/mol. The summed E-state index contributed by atoms with van der Waals surface area (Å²) in [5.74, 6) is 0. The van der Waals surface area contributed by atoms with Gasteiger partial charge in [-0.15, -0.1) is 0 Å². The third kappa shape index (κ3) is 19.1. The van der Waals surface area contributed by atoms with Gasteiger partial charge in [-0.05, 0) is 12.8 Å². The zero-order chi connectivity index (χ0) is 15.1. The van der Waals surface area contributed by atoms with Crippen LogP contribution in [0.3, 0.4) is 0 Å². The summed E-state index contributed by atoms with van der Waals surface area (Å²) < 4.78 is 16.7. The van der Waals surface area contributed by atoms with E-state index >= 15 is 0 Å². The molecule has 5 heteroatoms. The fraction of sp³-hybridized carbons (Fsp3) is 1.00. The number of hydrogen-bond donors (Lipinski definition) is 0. The molecule has 0 aromatic rings. The van der Waals surface area contributed by atoms with Crippen molar-refractivity contribution in [3.05, 3.63) is 0 Å². The minimum atomic E-state index is -3.56. The van der Waals surface area contributed by atoms with E-state index in [1.54, 1.807) is 0 Å². The molecule has 122 valence electrons. The maximum atomic E-state index is 11.7. The summed E-state index contributed by atoms with van der Waals surface area (Å²) in [7, 11) is -3.56. The molecule has 0 heterocycles. The van der Waals surface area contributed by atoms with E-state index < -0.39 is 7.60 Å². The minimum absolute atomic E-state index is 0. The fourth-order valence-electron chi connectivity index (χ4n) is 2.24. The predicted octanol–water partition coefficient (Wildman–Crippen LogP) is 2.28. The molecule has 0 aliphatic heterocycles. The van der Waals surface area contributed by atoms with Crippen molar-refractivity contribution in [3.8, 4) is 0 Å². The van der Waals surface area contributed by atoms with Crippen molar-refractivity contribution >= 4 is 7.60 Å². The van der Waals surface area contributed by atoms with Gasteiger partial charge in [-0.25, -0.2) is 0 Å². The SMILES string of the molecule is CCCCCCCCOP(=O)([O-])CCCCCCCC.[Na+]. The molecule has 0 bridgehead atoms. The zero-order valence-electron chi connectivity index (χ0n) is 14.6. The Labute approximate surface area is 154 Å². The largest absolute Gasteiger partial charge is 1.00 e. The number of rotatable bonds is 15. The van der Waals surface area contributed by atoms with Gasteiger partial charge in [0.05, 0.1) is 6.61 Å². The number of hydrogen-bond acceptors (Lipinski definition) is 3. The molecule has 0 amide bonds. The Morgan fingerprint density at radius 2 is 1.19 bits per heavy atom. The van der Waals surface area contributed by atoms with Crippen molar-refractivity contribution in [2.75, 3.05) is 12.8 Å². The maximum Gasteiger partial charge on any atom is 1.00 e. The topological polar surface area (TPSA) is 49.4 Å².